The Morgan fingerprint density at radius 3 is 2.17 bits per heavy atom. The van der Waals surface area contributed by atoms with E-state index in [4.69, 9.17) is 9.47 Å². The van der Waals surface area contributed by atoms with Crippen molar-refractivity contribution in [1.82, 2.24) is 0 Å². The van der Waals surface area contributed by atoms with Gasteiger partial charge in [-0.2, -0.15) is 11.8 Å². The Bertz CT molecular complexity index is 94.5. The second-order valence-electron chi connectivity index (χ2n) is 2.95. The van der Waals surface area contributed by atoms with Gasteiger partial charge in [0.2, 0.25) is 0 Å². The Kier molecular flexibility index (Phi) is 8.07. The van der Waals surface area contributed by atoms with E-state index in [1.54, 1.807) is 14.2 Å². The first-order valence-corrected chi connectivity index (χ1v) is 5.53. The van der Waals surface area contributed by atoms with Crippen LogP contribution in [0.2, 0.25) is 0 Å². The Morgan fingerprint density at radius 1 is 1.17 bits per heavy atom. The molecule has 12 heavy (non-hydrogen) atoms. The summed E-state index contributed by atoms with van der Waals surface area (Å²) < 4.78 is 10.1. The van der Waals surface area contributed by atoms with Gasteiger partial charge in [0, 0.05) is 20.0 Å². The molecule has 74 valence electrons. The topological polar surface area (TPSA) is 18.5 Å². The van der Waals surface area contributed by atoms with Gasteiger partial charge in [-0.15, -0.1) is 0 Å². The zero-order chi connectivity index (χ0) is 9.40. The van der Waals surface area contributed by atoms with Gasteiger partial charge in [-0.3, -0.25) is 0 Å². The van der Waals surface area contributed by atoms with Crippen molar-refractivity contribution in [3.05, 3.63) is 0 Å². The first-order chi connectivity index (χ1) is 5.74. The van der Waals surface area contributed by atoms with Gasteiger partial charge < -0.3 is 9.47 Å². The van der Waals surface area contributed by atoms with Crippen LogP contribution < -0.4 is 0 Å². The molecule has 0 amide bonds. The largest absolute Gasteiger partial charge is 0.355 e. The molecule has 0 spiro atoms. The third-order valence-corrected chi connectivity index (χ3v) is 3.19. The lowest BCUT2D eigenvalue weighted by atomic mass is 10.2. The second-order valence-corrected chi connectivity index (χ2v) is 4.03. The minimum atomic E-state index is -0.0425. The highest BCUT2D eigenvalue weighted by molar-refractivity contribution is 7.99. The number of methoxy groups -OCH3 is 2. The van der Waals surface area contributed by atoms with Gasteiger partial charge in [-0.05, 0) is 11.7 Å². The van der Waals surface area contributed by atoms with Gasteiger partial charge >= 0.3 is 0 Å². The van der Waals surface area contributed by atoms with Crippen molar-refractivity contribution in [1.29, 1.82) is 0 Å². The summed E-state index contributed by atoms with van der Waals surface area (Å²) in [5.74, 6) is 2.92. The predicted octanol–water partition coefficient (Wildman–Crippen LogP) is 2.38. The number of hydrogen-bond acceptors (Lipinski definition) is 3. The molecule has 0 aromatic rings. The summed E-state index contributed by atoms with van der Waals surface area (Å²) in [7, 11) is 3.36. The number of ether oxygens (including phenoxy) is 2. The molecule has 0 aliphatic carbocycles. The average Bonchev–Trinajstić information content (AvgIpc) is 2.12. The molecule has 0 aliphatic rings. The van der Waals surface area contributed by atoms with E-state index in [0.29, 0.717) is 0 Å². The van der Waals surface area contributed by atoms with Crippen molar-refractivity contribution >= 4 is 11.8 Å². The summed E-state index contributed by atoms with van der Waals surface area (Å²) in [6, 6.07) is 0. The molecule has 0 saturated carbocycles. The molecular formula is C9H20O2S. The first kappa shape index (κ1) is 12.3. The third kappa shape index (κ3) is 5.86. The minimum absolute atomic E-state index is 0.0425. The van der Waals surface area contributed by atoms with Gasteiger partial charge in [0.15, 0.2) is 6.29 Å². The molecule has 1 atom stereocenters. The van der Waals surface area contributed by atoms with E-state index in [2.05, 4.69) is 13.8 Å². The van der Waals surface area contributed by atoms with Crippen LogP contribution in [-0.2, 0) is 9.47 Å². The summed E-state index contributed by atoms with van der Waals surface area (Å²) >= 11 is 1.89. The monoisotopic (exact) mass is 192 g/mol. The summed E-state index contributed by atoms with van der Waals surface area (Å²) in [5.41, 5.74) is 0. The fraction of sp³-hybridized carbons (Fsp3) is 1.00. The summed E-state index contributed by atoms with van der Waals surface area (Å²) in [5, 5.41) is 0. The van der Waals surface area contributed by atoms with Crippen molar-refractivity contribution < 1.29 is 9.47 Å². The molecule has 0 radical (unpaired) electrons. The van der Waals surface area contributed by atoms with Crippen LogP contribution in [-0.4, -0.2) is 32.0 Å². The molecule has 1 unspecified atom stereocenters. The third-order valence-electron chi connectivity index (χ3n) is 1.88. The highest BCUT2D eigenvalue weighted by Gasteiger charge is 2.05. The maximum absolute atomic E-state index is 5.07. The van der Waals surface area contributed by atoms with E-state index in [0.717, 1.165) is 11.7 Å². The molecule has 0 aromatic heterocycles. The van der Waals surface area contributed by atoms with Crippen LogP contribution in [0.1, 0.15) is 20.3 Å². The Balaban J connectivity index is 3.28. The lowest BCUT2D eigenvalue weighted by Gasteiger charge is -2.14. The molecule has 0 fully saturated rings. The fourth-order valence-electron chi connectivity index (χ4n) is 0.716. The fourth-order valence-corrected chi connectivity index (χ4v) is 1.95. The Morgan fingerprint density at radius 2 is 1.75 bits per heavy atom. The zero-order valence-corrected chi connectivity index (χ0v) is 9.32. The Hall–Kier alpha value is 0.270. The molecule has 0 aliphatic heterocycles. The van der Waals surface area contributed by atoms with Crippen molar-refractivity contribution in [2.24, 2.45) is 5.92 Å². The van der Waals surface area contributed by atoms with Gasteiger partial charge in [-0.1, -0.05) is 20.3 Å². The van der Waals surface area contributed by atoms with E-state index in [9.17, 15) is 0 Å². The molecule has 0 saturated heterocycles. The van der Waals surface area contributed by atoms with E-state index >= 15 is 0 Å². The van der Waals surface area contributed by atoms with Crippen molar-refractivity contribution in [2.45, 2.75) is 26.6 Å². The molecular weight excluding hydrogens is 172 g/mol. The highest BCUT2D eigenvalue weighted by atomic mass is 32.2. The smallest absolute Gasteiger partial charge is 0.165 e. The minimum Gasteiger partial charge on any atom is -0.355 e. The van der Waals surface area contributed by atoms with Crippen LogP contribution >= 0.6 is 11.8 Å². The lowest BCUT2D eigenvalue weighted by Crippen LogP contribution is -2.16. The second kappa shape index (κ2) is 7.90. The van der Waals surface area contributed by atoms with E-state index in [1.165, 1.54) is 12.2 Å². The lowest BCUT2D eigenvalue weighted by molar-refractivity contribution is -0.0842. The highest BCUT2D eigenvalue weighted by Crippen LogP contribution is 2.13. The van der Waals surface area contributed by atoms with Crippen LogP contribution in [0.3, 0.4) is 0 Å². The maximum Gasteiger partial charge on any atom is 0.165 e. The average molecular weight is 192 g/mol. The summed E-state index contributed by atoms with van der Waals surface area (Å²) in [6.45, 7) is 4.48. The first-order valence-electron chi connectivity index (χ1n) is 4.37. The van der Waals surface area contributed by atoms with Gasteiger partial charge in [0.25, 0.3) is 0 Å². The van der Waals surface area contributed by atoms with Crippen LogP contribution in [0.15, 0.2) is 0 Å². The van der Waals surface area contributed by atoms with Gasteiger partial charge in [-0.25, -0.2) is 0 Å². The number of thioether (sulfide) groups is 1. The molecule has 0 rings (SSSR count). The van der Waals surface area contributed by atoms with E-state index < -0.39 is 0 Å². The molecule has 0 aromatic carbocycles. The van der Waals surface area contributed by atoms with E-state index in [1.807, 2.05) is 11.8 Å². The van der Waals surface area contributed by atoms with Crippen molar-refractivity contribution in [2.75, 3.05) is 25.7 Å². The molecule has 3 heteroatoms. The standard InChI is InChI=1S/C9H20O2S/c1-5-8(2)6-12-7-9(10-3)11-4/h8-9H,5-7H2,1-4H3. The van der Waals surface area contributed by atoms with Crippen molar-refractivity contribution in [3.63, 3.8) is 0 Å². The summed E-state index contributed by atoms with van der Waals surface area (Å²) in [4.78, 5) is 0. The van der Waals surface area contributed by atoms with E-state index in [-0.39, 0.29) is 6.29 Å². The molecule has 2 nitrogen and oxygen atoms in total. The zero-order valence-electron chi connectivity index (χ0n) is 8.50. The van der Waals surface area contributed by atoms with Crippen LogP contribution in [0.5, 0.6) is 0 Å². The normalized spacial score (nSPS) is 13.8. The molecule has 0 heterocycles. The van der Waals surface area contributed by atoms with Crippen LogP contribution in [0.25, 0.3) is 0 Å². The van der Waals surface area contributed by atoms with Gasteiger partial charge in [0.05, 0.1) is 0 Å². The van der Waals surface area contributed by atoms with Crippen molar-refractivity contribution in [3.8, 4) is 0 Å². The van der Waals surface area contributed by atoms with Crippen LogP contribution in [0.4, 0.5) is 0 Å². The summed E-state index contributed by atoms with van der Waals surface area (Å²) in [6.07, 6.45) is 1.21. The number of rotatable bonds is 7. The SMILES string of the molecule is CCC(C)CSCC(OC)OC. The predicted molar refractivity (Wildman–Crippen MR) is 54.6 cm³/mol. The van der Waals surface area contributed by atoms with Crippen LogP contribution in [0, 0.1) is 5.92 Å². The number of hydrogen-bond donors (Lipinski definition) is 0. The maximum atomic E-state index is 5.07. The molecule has 0 N–H and O–H groups in total. The quantitative estimate of drug-likeness (QED) is 0.577. The Labute approximate surface area is 80.0 Å². The molecule has 0 bridgehead atoms. The van der Waals surface area contributed by atoms with Gasteiger partial charge in [0.1, 0.15) is 0 Å².